The van der Waals surface area contributed by atoms with Gasteiger partial charge in [-0.15, -0.1) is 0 Å². The van der Waals surface area contributed by atoms with Gasteiger partial charge in [-0.25, -0.2) is 0 Å². The van der Waals surface area contributed by atoms with E-state index in [1.54, 1.807) is 0 Å². The molecule has 0 radical (unpaired) electrons. The van der Waals surface area contributed by atoms with Crippen LogP contribution in [0.2, 0.25) is 0 Å². The molecule has 1 saturated carbocycles. The highest BCUT2D eigenvalue weighted by molar-refractivity contribution is 4.73. The van der Waals surface area contributed by atoms with Gasteiger partial charge in [0.05, 0.1) is 0 Å². The quantitative estimate of drug-likeness (QED) is 0.582. The lowest BCUT2D eigenvalue weighted by Gasteiger charge is -2.27. The minimum atomic E-state index is 0.893. The minimum Gasteiger partial charge on any atom is -0.0625 e. The van der Waals surface area contributed by atoms with E-state index in [4.69, 9.17) is 0 Å². The molecule has 0 heterocycles. The Bertz CT molecular complexity index is 139. The molecule has 0 nitrogen and oxygen atoms in total. The summed E-state index contributed by atoms with van der Waals surface area (Å²) >= 11 is 0. The molecule has 0 spiro atoms. The minimum absolute atomic E-state index is 0.893. The van der Waals surface area contributed by atoms with Crippen LogP contribution in [0, 0.1) is 23.7 Å². The highest BCUT2D eigenvalue weighted by Crippen LogP contribution is 2.34. The molecule has 0 aromatic heterocycles. The van der Waals surface area contributed by atoms with Crippen molar-refractivity contribution in [3.8, 4) is 0 Å². The first-order chi connectivity index (χ1) is 7.11. The van der Waals surface area contributed by atoms with E-state index < -0.39 is 0 Å². The second-order valence-electron chi connectivity index (χ2n) is 6.24. The first-order valence-corrected chi connectivity index (χ1v) is 7.11. The van der Waals surface area contributed by atoms with Gasteiger partial charge in [-0.3, -0.25) is 0 Å². The summed E-state index contributed by atoms with van der Waals surface area (Å²) in [4.78, 5) is 0. The Morgan fingerprint density at radius 3 is 1.40 bits per heavy atom. The molecule has 0 N–H and O–H groups in total. The zero-order chi connectivity index (χ0) is 11.3. The smallest absolute Gasteiger partial charge is 0.0388 e. The average molecular weight is 210 g/mol. The van der Waals surface area contributed by atoms with Crippen LogP contribution in [0.25, 0.3) is 0 Å². The summed E-state index contributed by atoms with van der Waals surface area (Å²) < 4.78 is 0. The van der Waals surface area contributed by atoms with E-state index in [0.717, 1.165) is 23.7 Å². The molecular weight excluding hydrogens is 180 g/mol. The topological polar surface area (TPSA) is 0 Å². The van der Waals surface area contributed by atoms with Crippen molar-refractivity contribution in [1.82, 2.24) is 0 Å². The van der Waals surface area contributed by atoms with Crippen molar-refractivity contribution in [2.24, 2.45) is 23.7 Å². The van der Waals surface area contributed by atoms with E-state index in [0.29, 0.717) is 0 Å². The van der Waals surface area contributed by atoms with Crippen molar-refractivity contribution >= 4 is 0 Å². The van der Waals surface area contributed by atoms with E-state index in [2.05, 4.69) is 27.7 Å². The van der Waals surface area contributed by atoms with Crippen LogP contribution in [0.4, 0.5) is 0 Å². The second-order valence-corrected chi connectivity index (χ2v) is 6.24. The second kappa shape index (κ2) is 6.55. The van der Waals surface area contributed by atoms with Crippen molar-refractivity contribution in [2.45, 2.75) is 72.6 Å². The first-order valence-electron chi connectivity index (χ1n) is 7.11. The van der Waals surface area contributed by atoms with Crippen molar-refractivity contribution in [1.29, 1.82) is 0 Å². The Balaban J connectivity index is 2.55. The molecule has 0 aromatic rings. The zero-order valence-corrected chi connectivity index (χ0v) is 11.3. The number of hydrogen-bond acceptors (Lipinski definition) is 0. The fourth-order valence-corrected chi connectivity index (χ4v) is 3.00. The molecule has 90 valence electrons. The molecule has 0 heteroatoms. The molecule has 1 aliphatic rings. The van der Waals surface area contributed by atoms with E-state index in [1.807, 2.05) is 0 Å². The van der Waals surface area contributed by atoms with Crippen LogP contribution in [0.15, 0.2) is 0 Å². The molecule has 0 aromatic carbocycles. The molecule has 2 atom stereocenters. The van der Waals surface area contributed by atoms with E-state index in [1.165, 1.54) is 44.9 Å². The number of hydrogen-bond donors (Lipinski definition) is 0. The van der Waals surface area contributed by atoms with E-state index in [9.17, 15) is 0 Å². The van der Waals surface area contributed by atoms with Crippen LogP contribution in [-0.4, -0.2) is 0 Å². The fourth-order valence-electron chi connectivity index (χ4n) is 3.00. The summed E-state index contributed by atoms with van der Waals surface area (Å²) in [6, 6.07) is 0. The van der Waals surface area contributed by atoms with Crippen molar-refractivity contribution in [2.75, 3.05) is 0 Å². The van der Waals surface area contributed by atoms with E-state index >= 15 is 0 Å². The highest BCUT2D eigenvalue weighted by atomic mass is 14.3. The van der Waals surface area contributed by atoms with Gasteiger partial charge >= 0.3 is 0 Å². The van der Waals surface area contributed by atoms with Crippen molar-refractivity contribution < 1.29 is 0 Å². The van der Waals surface area contributed by atoms with E-state index in [-0.39, 0.29) is 0 Å². The molecule has 1 fully saturated rings. The van der Waals surface area contributed by atoms with Gasteiger partial charge in [0, 0.05) is 0 Å². The summed E-state index contributed by atoms with van der Waals surface area (Å²) in [6.45, 7) is 9.67. The summed E-state index contributed by atoms with van der Waals surface area (Å²) in [5, 5.41) is 0. The van der Waals surface area contributed by atoms with Crippen LogP contribution >= 0.6 is 0 Å². The van der Waals surface area contributed by atoms with Gasteiger partial charge in [-0.1, -0.05) is 66.2 Å². The molecule has 0 amide bonds. The lowest BCUT2D eigenvalue weighted by Crippen LogP contribution is -2.17. The third-order valence-corrected chi connectivity index (χ3v) is 4.39. The standard InChI is InChI=1S/C15H30/c1-12(2)14-9-7-5-6-8-10-15(11-14)13(3)4/h12-15H,5-11H2,1-4H3. The Kier molecular flexibility index (Phi) is 5.71. The molecule has 15 heavy (non-hydrogen) atoms. The van der Waals surface area contributed by atoms with Crippen LogP contribution in [-0.2, 0) is 0 Å². The SMILES string of the molecule is CC(C)C1CCCCCCC(C(C)C)C1. The molecule has 1 rings (SSSR count). The average Bonchev–Trinajstić information content (AvgIpc) is 2.28. The molecule has 1 aliphatic carbocycles. The highest BCUT2D eigenvalue weighted by Gasteiger charge is 2.22. The van der Waals surface area contributed by atoms with Crippen LogP contribution in [0.3, 0.4) is 0 Å². The molecular formula is C15H30. The summed E-state index contributed by atoms with van der Waals surface area (Å²) in [7, 11) is 0. The predicted octanol–water partition coefficient (Wildman–Crippen LogP) is 5.28. The molecule has 0 aliphatic heterocycles. The Labute approximate surface area is 96.8 Å². The third kappa shape index (κ3) is 4.57. The Morgan fingerprint density at radius 1 is 0.667 bits per heavy atom. The lowest BCUT2D eigenvalue weighted by molar-refractivity contribution is 0.231. The summed E-state index contributed by atoms with van der Waals surface area (Å²) in [6.07, 6.45) is 10.4. The molecule has 2 unspecified atom stereocenters. The summed E-state index contributed by atoms with van der Waals surface area (Å²) in [5.74, 6) is 3.78. The monoisotopic (exact) mass is 210 g/mol. The summed E-state index contributed by atoms with van der Waals surface area (Å²) in [5.41, 5.74) is 0. The van der Waals surface area contributed by atoms with Crippen LogP contribution in [0.1, 0.15) is 72.6 Å². The molecule has 0 bridgehead atoms. The maximum Gasteiger partial charge on any atom is -0.0388 e. The zero-order valence-electron chi connectivity index (χ0n) is 11.3. The van der Waals surface area contributed by atoms with Crippen molar-refractivity contribution in [3.63, 3.8) is 0 Å². The first kappa shape index (κ1) is 13.1. The fraction of sp³-hybridized carbons (Fsp3) is 1.00. The maximum atomic E-state index is 2.42. The van der Waals surface area contributed by atoms with Crippen molar-refractivity contribution in [3.05, 3.63) is 0 Å². The molecule has 0 saturated heterocycles. The van der Waals surface area contributed by atoms with Crippen LogP contribution in [0.5, 0.6) is 0 Å². The third-order valence-electron chi connectivity index (χ3n) is 4.39. The maximum absolute atomic E-state index is 2.42. The van der Waals surface area contributed by atoms with Gasteiger partial charge in [0.15, 0.2) is 0 Å². The number of rotatable bonds is 2. The lowest BCUT2D eigenvalue weighted by atomic mass is 9.78. The van der Waals surface area contributed by atoms with Gasteiger partial charge in [-0.05, 0) is 30.1 Å². The van der Waals surface area contributed by atoms with Gasteiger partial charge in [0.1, 0.15) is 0 Å². The van der Waals surface area contributed by atoms with Crippen LogP contribution < -0.4 is 0 Å². The Morgan fingerprint density at radius 2 is 1.07 bits per heavy atom. The Hall–Kier alpha value is 0. The van der Waals surface area contributed by atoms with Gasteiger partial charge in [-0.2, -0.15) is 0 Å². The van der Waals surface area contributed by atoms with Gasteiger partial charge < -0.3 is 0 Å². The predicted molar refractivity (Wildman–Crippen MR) is 69.0 cm³/mol. The van der Waals surface area contributed by atoms with Gasteiger partial charge in [0.2, 0.25) is 0 Å². The largest absolute Gasteiger partial charge is 0.0625 e. The normalized spacial score (nSPS) is 30.0. The van der Waals surface area contributed by atoms with Gasteiger partial charge in [0.25, 0.3) is 0 Å².